The number of amides is 1. The molecule has 2 aromatic rings. The number of allylic oxidation sites excluding steroid dienone is 1. The fourth-order valence-corrected chi connectivity index (χ4v) is 6.37. The van der Waals surface area contributed by atoms with Crippen molar-refractivity contribution in [3.05, 3.63) is 73.7 Å². The summed E-state index contributed by atoms with van der Waals surface area (Å²) in [5.41, 5.74) is -5.08. The van der Waals surface area contributed by atoms with Crippen LogP contribution in [0.2, 0.25) is 15.1 Å². The number of rotatable bonds is 8. The van der Waals surface area contributed by atoms with E-state index in [9.17, 15) is 52.7 Å². The summed E-state index contributed by atoms with van der Waals surface area (Å²) in [6.07, 6.45) is -14.0. The molecule has 1 aliphatic rings. The molecule has 1 saturated carbocycles. The minimum Gasteiger partial charge on any atom is -0.346 e. The Morgan fingerprint density at radius 3 is 1.98 bits per heavy atom. The third-order valence-electron chi connectivity index (χ3n) is 5.90. The van der Waals surface area contributed by atoms with Crippen molar-refractivity contribution in [2.45, 2.75) is 42.8 Å². The second-order valence-electron chi connectivity index (χ2n) is 9.36. The number of carbonyl (C=O) groups excluding carboxylic acids is 1. The fraction of sp³-hybridized carbons (Fsp3) is 0.375. The van der Waals surface area contributed by atoms with Crippen LogP contribution in [-0.2, 0) is 16.0 Å². The topological polar surface area (TPSA) is 63.2 Å². The van der Waals surface area contributed by atoms with Crippen LogP contribution in [0.25, 0.3) is 6.08 Å². The number of nitrogens with one attached hydrogen (secondary N) is 1. The van der Waals surface area contributed by atoms with Gasteiger partial charge in [0.1, 0.15) is 5.75 Å². The zero-order valence-electron chi connectivity index (χ0n) is 20.1. The van der Waals surface area contributed by atoms with Gasteiger partial charge in [-0.05, 0) is 48.2 Å². The van der Waals surface area contributed by atoms with E-state index in [-0.39, 0.29) is 33.5 Å². The van der Waals surface area contributed by atoms with Gasteiger partial charge in [0.05, 0.1) is 43.4 Å². The number of benzene rings is 2. The van der Waals surface area contributed by atoms with Crippen molar-refractivity contribution in [1.82, 2.24) is 5.32 Å². The first-order valence-electron chi connectivity index (χ1n) is 11.2. The minimum absolute atomic E-state index is 0.0877. The first kappa shape index (κ1) is 33.3. The lowest BCUT2D eigenvalue weighted by Crippen LogP contribution is -2.44. The Morgan fingerprint density at radius 2 is 1.51 bits per heavy atom. The van der Waals surface area contributed by atoms with Crippen LogP contribution < -0.4 is 5.32 Å². The summed E-state index contributed by atoms with van der Waals surface area (Å²) in [6, 6.07) is 3.78. The summed E-state index contributed by atoms with van der Waals surface area (Å²) < 4.78 is 144. The highest BCUT2D eigenvalue weighted by Crippen LogP contribution is 2.42. The van der Waals surface area contributed by atoms with Crippen molar-refractivity contribution in [1.29, 1.82) is 0 Å². The maximum atomic E-state index is 13.8. The van der Waals surface area contributed by atoms with E-state index in [0.717, 1.165) is 24.3 Å². The molecule has 0 aliphatic heterocycles. The molecule has 3 rings (SSSR count). The Balaban J connectivity index is 1.91. The highest BCUT2D eigenvalue weighted by molar-refractivity contribution is 7.91. The lowest BCUT2D eigenvalue weighted by Gasteiger charge is -2.20. The zero-order valence-corrected chi connectivity index (χ0v) is 23.2. The Kier molecular flexibility index (Phi) is 9.35. The van der Waals surface area contributed by atoms with Crippen molar-refractivity contribution in [3.63, 3.8) is 0 Å². The summed E-state index contributed by atoms with van der Waals surface area (Å²) in [6.45, 7) is 0. The maximum absolute atomic E-state index is 13.8. The first-order chi connectivity index (χ1) is 18.5. The predicted molar refractivity (Wildman–Crippen MR) is 135 cm³/mol. The summed E-state index contributed by atoms with van der Waals surface area (Å²) in [5, 5.41) is 1.31. The van der Waals surface area contributed by atoms with Crippen LogP contribution in [0.15, 0.2) is 36.4 Å². The summed E-state index contributed by atoms with van der Waals surface area (Å²) in [5.74, 6) is -7.07. The molecule has 0 spiro atoms. The molecule has 2 aromatic carbocycles. The standard InChI is InChI=1S/C24H17Cl3F9NO3S/c25-17-8-13(9-18(26)19(17)27)15(23(31,32)33)4-2-12-1-3-14(16(7-12)24(34,35)36)20(38)37-21(5-6-21)10-41(39,40)11-22(28,29)30/h1-4,7-9,15H,5-6,10-11H2,(H,37,38). The molecular formula is C24H17Cl3F9NO3S. The average Bonchev–Trinajstić information content (AvgIpc) is 3.51. The van der Waals surface area contributed by atoms with Gasteiger partial charge in [-0.2, -0.15) is 39.5 Å². The van der Waals surface area contributed by atoms with Crippen molar-refractivity contribution >= 4 is 56.6 Å². The van der Waals surface area contributed by atoms with Crippen molar-refractivity contribution < 1.29 is 52.7 Å². The molecule has 1 aliphatic carbocycles. The van der Waals surface area contributed by atoms with E-state index in [1.54, 1.807) is 0 Å². The van der Waals surface area contributed by atoms with Crippen molar-refractivity contribution in [2.75, 3.05) is 11.5 Å². The number of carbonyl (C=O) groups is 1. The van der Waals surface area contributed by atoms with E-state index in [1.807, 2.05) is 0 Å². The smallest absolute Gasteiger partial charge is 0.346 e. The number of alkyl halides is 9. The summed E-state index contributed by atoms with van der Waals surface area (Å²) in [7, 11) is -4.75. The molecule has 17 heteroatoms. The van der Waals surface area contributed by atoms with Gasteiger partial charge < -0.3 is 5.32 Å². The second-order valence-corrected chi connectivity index (χ2v) is 12.6. The number of hydrogen-bond donors (Lipinski definition) is 1. The lowest BCUT2D eigenvalue weighted by atomic mass is 9.96. The molecule has 0 heterocycles. The molecular weight excluding hydrogens is 660 g/mol. The molecule has 0 bridgehead atoms. The van der Waals surface area contributed by atoms with Gasteiger partial charge in [0.15, 0.2) is 9.84 Å². The van der Waals surface area contributed by atoms with Gasteiger partial charge in [0, 0.05) is 0 Å². The summed E-state index contributed by atoms with van der Waals surface area (Å²) in [4.78, 5) is 12.7. The van der Waals surface area contributed by atoms with Gasteiger partial charge >= 0.3 is 18.5 Å². The third kappa shape index (κ3) is 8.91. The first-order valence-corrected chi connectivity index (χ1v) is 14.2. The SMILES string of the molecule is O=C(NC1(CS(=O)(=O)CC(F)(F)F)CC1)c1ccc(C=CC(c2cc(Cl)c(Cl)c(Cl)c2)C(F)(F)F)cc1C(F)(F)F. The Labute approximate surface area is 242 Å². The molecule has 0 saturated heterocycles. The van der Waals surface area contributed by atoms with Gasteiger partial charge in [-0.25, -0.2) is 8.42 Å². The van der Waals surface area contributed by atoms with E-state index in [0.29, 0.717) is 18.2 Å². The Hall–Kier alpha value is -2.16. The van der Waals surface area contributed by atoms with E-state index < -0.39 is 73.9 Å². The van der Waals surface area contributed by atoms with Crippen LogP contribution in [-0.4, -0.2) is 43.7 Å². The van der Waals surface area contributed by atoms with E-state index in [1.165, 1.54) is 0 Å². The Bertz CT molecular complexity index is 1440. The van der Waals surface area contributed by atoms with Crippen LogP contribution in [0.3, 0.4) is 0 Å². The van der Waals surface area contributed by atoms with Crippen LogP contribution in [0, 0.1) is 0 Å². The highest BCUT2D eigenvalue weighted by Gasteiger charge is 2.50. The van der Waals surface area contributed by atoms with Crippen LogP contribution in [0.1, 0.15) is 45.8 Å². The normalized spacial score (nSPS) is 16.6. The molecule has 1 N–H and O–H groups in total. The van der Waals surface area contributed by atoms with Gasteiger partial charge in [0.25, 0.3) is 5.91 Å². The largest absolute Gasteiger partial charge is 0.417 e. The number of hydrogen-bond acceptors (Lipinski definition) is 3. The monoisotopic (exact) mass is 675 g/mol. The number of sulfone groups is 1. The van der Waals surface area contributed by atoms with E-state index in [4.69, 9.17) is 34.8 Å². The predicted octanol–water partition coefficient (Wildman–Crippen LogP) is 8.26. The maximum Gasteiger partial charge on any atom is 0.417 e. The minimum atomic E-state index is -5.18. The molecule has 41 heavy (non-hydrogen) atoms. The molecule has 1 amide bonds. The molecule has 4 nitrogen and oxygen atoms in total. The molecule has 1 atom stereocenters. The fourth-order valence-electron chi connectivity index (χ4n) is 3.96. The van der Waals surface area contributed by atoms with Gasteiger partial charge in [-0.15, -0.1) is 0 Å². The van der Waals surface area contributed by atoms with Gasteiger partial charge in [0.2, 0.25) is 0 Å². The van der Waals surface area contributed by atoms with Crippen LogP contribution in [0.4, 0.5) is 39.5 Å². The molecule has 1 fully saturated rings. The van der Waals surface area contributed by atoms with Crippen molar-refractivity contribution in [3.8, 4) is 0 Å². The second kappa shape index (κ2) is 11.5. The van der Waals surface area contributed by atoms with Crippen LogP contribution >= 0.6 is 34.8 Å². The van der Waals surface area contributed by atoms with E-state index in [2.05, 4.69) is 5.32 Å². The highest BCUT2D eigenvalue weighted by atomic mass is 35.5. The quantitative estimate of drug-likeness (QED) is 0.226. The van der Waals surface area contributed by atoms with Gasteiger partial charge in [-0.1, -0.05) is 53.0 Å². The molecule has 1 unspecified atom stereocenters. The molecule has 0 aromatic heterocycles. The zero-order chi connectivity index (χ0) is 31.2. The Morgan fingerprint density at radius 1 is 0.951 bits per heavy atom. The average molecular weight is 677 g/mol. The number of halogens is 12. The van der Waals surface area contributed by atoms with Crippen LogP contribution in [0.5, 0.6) is 0 Å². The van der Waals surface area contributed by atoms with Gasteiger partial charge in [-0.3, -0.25) is 4.79 Å². The molecule has 0 radical (unpaired) electrons. The third-order valence-corrected chi connectivity index (χ3v) is 8.86. The summed E-state index contributed by atoms with van der Waals surface area (Å²) >= 11 is 17.4. The lowest BCUT2D eigenvalue weighted by molar-refractivity contribution is -0.139. The van der Waals surface area contributed by atoms with E-state index >= 15 is 0 Å². The van der Waals surface area contributed by atoms with Crippen molar-refractivity contribution in [2.24, 2.45) is 0 Å². The molecule has 226 valence electrons.